The van der Waals surface area contributed by atoms with Crippen molar-refractivity contribution >= 4 is 5.91 Å². The van der Waals surface area contributed by atoms with Gasteiger partial charge in [0.2, 0.25) is 0 Å². The number of rotatable bonds is 5. The maximum atomic E-state index is 12.9. The van der Waals surface area contributed by atoms with Crippen LogP contribution in [0.2, 0.25) is 0 Å². The van der Waals surface area contributed by atoms with Crippen LogP contribution in [0.25, 0.3) is 0 Å². The molecule has 1 saturated carbocycles. The SMILES string of the molecule is CN(C)Cc1ccc([C@@H]2CCCN2C(=O)c2cc(C3CC3)on2)nc1. The van der Waals surface area contributed by atoms with Crippen LogP contribution in [0, 0.1) is 0 Å². The van der Waals surface area contributed by atoms with E-state index in [4.69, 9.17) is 4.52 Å². The lowest BCUT2D eigenvalue weighted by molar-refractivity contribution is 0.0722. The number of nitrogens with zero attached hydrogens (tertiary/aromatic N) is 4. The van der Waals surface area contributed by atoms with Gasteiger partial charge in [-0.15, -0.1) is 0 Å². The van der Waals surface area contributed by atoms with Gasteiger partial charge in [-0.2, -0.15) is 0 Å². The second kappa shape index (κ2) is 6.59. The van der Waals surface area contributed by atoms with Gasteiger partial charge in [0, 0.05) is 31.3 Å². The number of hydrogen-bond acceptors (Lipinski definition) is 5. The normalized spacial score (nSPS) is 20.4. The first-order chi connectivity index (χ1) is 12.1. The van der Waals surface area contributed by atoms with Crippen LogP contribution in [0.3, 0.4) is 0 Å². The highest BCUT2D eigenvalue weighted by Gasteiger charge is 2.34. The Labute approximate surface area is 147 Å². The molecule has 25 heavy (non-hydrogen) atoms. The van der Waals surface area contributed by atoms with Crippen molar-refractivity contribution in [2.45, 2.75) is 44.2 Å². The van der Waals surface area contributed by atoms with E-state index in [1.165, 1.54) is 5.56 Å². The van der Waals surface area contributed by atoms with Gasteiger partial charge in [0.05, 0.1) is 11.7 Å². The number of carbonyl (C=O) groups is 1. The lowest BCUT2D eigenvalue weighted by atomic mass is 10.1. The van der Waals surface area contributed by atoms with Gasteiger partial charge in [0.1, 0.15) is 5.76 Å². The van der Waals surface area contributed by atoms with E-state index < -0.39 is 0 Å². The first-order valence-electron chi connectivity index (χ1n) is 8.99. The second-order valence-electron chi connectivity index (χ2n) is 7.37. The van der Waals surface area contributed by atoms with Gasteiger partial charge < -0.3 is 14.3 Å². The molecule has 0 N–H and O–H groups in total. The fraction of sp³-hybridized carbons (Fsp3) is 0.526. The van der Waals surface area contributed by atoms with Gasteiger partial charge in [-0.3, -0.25) is 9.78 Å². The highest BCUT2D eigenvalue weighted by molar-refractivity contribution is 5.92. The van der Waals surface area contributed by atoms with Crippen LogP contribution in [0.15, 0.2) is 28.9 Å². The van der Waals surface area contributed by atoms with Crippen LogP contribution in [0.5, 0.6) is 0 Å². The van der Waals surface area contributed by atoms with E-state index in [1.807, 2.05) is 37.3 Å². The summed E-state index contributed by atoms with van der Waals surface area (Å²) in [5, 5.41) is 4.00. The number of carbonyl (C=O) groups excluding carboxylic acids is 1. The van der Waals surface area contributed by atoms with E-state index in [1.54, 1.807) is 0 Å². The summed E-state index contributed by atoms with van der Waals surface area (Å²) in [6, 6.07) is 6.00. The Morgan fingerprint density at radius 1 is 1.32 bits per heavy atom. The molecule has 1 aliphatic carbocycles. The zero-order valence-corrected chi connectivity index (χ0v) is 14.8. The minimum absolute atomic E-state index is 0.0296. The Morgan fingerprint density at radius 2 is 2.16 bits per heavy atom. The van der Waals surface area contributed by atoms with Crippen molar-refractivity contribution < 1.29 is 9.32 Å². The Morgan fingerprint density at radius 3 is 2.84 bits per heavy atom. The standard InChI is InChI=1S/C19H24N4O2/c1-22(2)12-13-5-8-15(20-11-13)17-4-3-9-23(17)19(24)16-10-18(25-21-16)14-6-7-14/h5,8,10-11,14,17H,3-4,6-7,9,12H2,1-2H3/t17-/m0/s1. The van der Waals surface area contributed by atoms with Gasteiger partial charge in [0.25, 0.3) is 5.91 Å². The van der Waals surface area contributed by atoms with Gasteiger partial charge in [-0.05, 0) is 51.4 Å². The summed E-state index contributed by atoms with van der Waals surface area (Å²) >= 11 is 0. The summed E-state index contributed by atoms with van der Waals surface area (Å²) in [7, 11) is 4.08. The summed E-state index contributed by atoms with van der Waals surface area (Å²) in [4.78, 5) is 21.5. The minimum atomic E-state index is -0.0441. The third kappa shape index (κ3) is 3.44. The van der Waals surface area contributed by atoms with Crippen LogP contribution < -0.4 is 0 Å². The molecule has 6 nitrogen and oxygen atoms in total. The van der Waals surface area contributed by atoms with E-state index in [2.05, 4.69) is 21.1 Å². The molecular formula is C19H24N4O2. The third-order valence-corrected chi connectivity index (χ3v) is 4.93. The van der Waals surface area contributed by atoms with Crippen molar-refractivity contribution in [1.29, 1.82) is 0 Å². The van der Waals surface area contributed by atoms with Crippen molar-refractivity contribution in [3.05, 3.63) is 47.1 Å². The van der Waals surface area contributed by atoms with Crippen LogP contribution in [0.1, 0.15) is 65.1 Å². The molecule has 2 aromatic heterocycles. The Bertz CT molecular complexity index is 749. The molecule has 1 aliphatic heterocycles. The third-order valence-electron chi connectivity index (χ3n) is 4.93. The molecule has 4 rings (SSSR count). The van der Waals surface area contributed by atoms with Gasteiger partial charge >= 0.3 is 0 Å². The van der Waals surface area contributed by atoms with Gasteiger partial charge in [-0.1, -0.05) is 11.2 Å². The largest absolute Gasteiger partial charge is 0.360 e. The van der Waals surface area contributed by atoms with E-state index >= 15 is 0 Å². The summed E-state index contributed by atoms with van der Waals surface area (Å²) < 4.78 is 5.35. The molecule has 6 heteroatoms. The quantitative estimate of drug-likeness (QED) is 0.837. The first-order valence-corrected chi connectivity index (χ1v) is 8.99. The molecule has 0 bridgehead atoms. The Kier molecular flexibility index (Phi) is 4.29. The van der Waals surface area contributed by atoms with Crippen molar-refractivity contribution in [2.75, 3.05) is 20.6 Å². The number of aromatic nitrogens is 2. The maximum Gasteiger partial charge on any atom is 0.276 e. The van der Waals surface area contributed by atoms with Crippen molar-refractivity contribution in [1.82, 2.24) is 19.9 Å². The van der Waals surface area contributed by atoms with E-state index in [0.717, 1.165) is 50.2 Å². The molecule has 1 amide bonds. The molecule has 1 saturated heterocycles. The molecule has 2 fully saturated rings. The average Bonchev–Trinajstić information content (AvgIpc) is 3.13. The summed E-state index contributed by atoms with van der Waals surface area (Å²) in [5.41, 5.74) is 2.56. The van der Waals surface area contributed by atoms with E-state index in [-0.39, 0.29) is 11.9 Å². The molecule has 0 spiro atoms. The highest BCUT2D eigenvalue weighted by Crippen LogP contribution is 2.40. The molecule has 1 atom stereocenters. The monoisotopic (exact) mass is 340 g/mol. The molecule has 2 aliphatic rings. The Hall–Kier alpha value is -2.21. The summed E-state index contributed by atoms with van der Waals surface area (Å²) in [6.07, 6.45) is 6.12. The summed E-state index contributed by atoms with van der Waals surface area (Å²) in [5.74, 6) is 1.27. The summed E-state index contributed by atoms with van der Waals surface area (Å²) in [6.45, 7) is 1.61. The Balaban J connectivity index is 1.50. The second-order valence-corrected chi connectivity index (χ2v) is 7.37. The first kappa shape index (κ1) is 16.3. The maximum absolute atomic E-state index is 12.9. The predicted molar refractivity (Wildman–Crippen MR) is 93.1 cm³/mol. The topological polar surface area (TPSA) is 62.5 Å². The zero-order valence-electron chi connectivity index (χ0n) is 14.8. The lowest BCUT2D eigenvalue weighted by Gasteiger charge is -2.23. The number of hydrogen-bond donors (Lipinski definition) is 0. The number of pyridine rings is 1. The average molecular weight is 340 g/mol. The molecule has 0 radical (unpaired) electrons. The van der Waals surface area contributed by atoms with Crippen LogP contribution in [-0.4, -0.2) is 46.5 Å². The van der Waals surface area contributed by atoms with Crippen molar-refractivity contribution in [3.8, 4) is 0 Å². The molecule has 132 valence electrons. The van der Waals surface area contributed by atoms with Gasteiger partial charge in [0.15, 0.2) is 5.69 Å². The fourth-order valence-corrected chi connectivity index (χ4v) is 3.51. The predicted octanol–water partition coefficient (Wildman–Crippen LogP) is 2.99. The number of likely N-dealkylation sites (tertiary alicyclic amines) is 1. The van der Waals surface area contributed by atoms with Crippen LogP contribution in [-0.2, 0) is 6.54 Å². The zero-order chi connectivity index (χ0) is 17.4. The van der Waals surface area contributed by atoms with E-state index in [9.17, 15) is 4.79 Å². The van der Waals surface area contributed by atoms with E-state index in [0.29, 0.717) is 11.6 Å². The van der Waals surface area contributed by atoms with Crippen LogP contribution in [0.4, 0.5) is 0 Å². The van der Waals surface area contributed by atoms with Crippen molar-refractivity contribution in [2.24, 2.45) is 0 Å². The lowest BCUT2D eigenvalue weighted by Crippen LogP contribution is -2.31. The van der Waals surface area contributed by atoms with Crippen LogP contribution >= 0.6 is 0 Å². The van der Waals surface area contributed by atoms with Gasteiger partial charge in [-0.25, -0.2) is 0 Å². The number of amides is 1. The molecule has 0 aromatic carbocycles. The minimum Gasteiger partial charge on any atom is -0.360 e. The van der Waals surface area contributed by atoms with Crippen molar-refractivity contribution in [3.63, 3.8) is 0 Å². The highest BCUT2D eigenvalue weighted by atomic mass is 16.5. The molecule has 0 unspecified atom stereocenters. The fourth-order valence-electron chi connectivity index (χ4n) is 3.51. The smallest absolute Gasteiger partial charge is 0.276 e. The molecule has 2 aromatic rings. The molecular weight excluding hydrogens is 316 g/mol. The molecule has 3 heterocycles.